The molecule has 108 valence electrons. The molecular formula is C17H25N3. The lowest BCUT2D eigenvalue weighted by Gasteiger charge is -2.36. The quantitative estimate of drug-likeness (QED) is 0.922. The van der Waals surface area contributed by atoms with Gasteiger partial charge in [0.2, 0.25) is 0 Å². The highest BCUT2D eigenvalue weighted by Crippen LogP contribution is 2.35. The molecule has 1 aromatic carbocycles. The summed E-state index contributed by atoms with van der Waals surface area (Å²) in [6, 6.07) is 8.57. The fraction of sp³-hybridized carbons (Fsp3) is 0.588. The Hall–Kier alpha value is -1.35. The minimum Gasteiger partial charge on any atom is -0.327 e. The molecule has 3 rings (SSSR count). The van der Waals surface area contributed by atoms with E-state index in [4.69, 9.17) is 4.98 Å². The molecule has 3 nitrogen and oxygen atoms in total. The zero-order valence-corrected chi connectivity index (χ0v) is 12.7. The van der Waals surface area contributed by atoms with Crippen molar-refractivity contribution < 1.29 is 0 Å². The largest absolute Gasteiger partial charge is 0.327 e. The Labute approximate surface area is 121 Å². The number of piperidine rings is 1. The third kappa shape index (κ3) is 2.14. The summed E-state index contributed by atoms with van der Waals surface area (Å²) in [7, 11) is 0. The number of hydrogen-bond donors (Lipinski definition) is 1. The van der Waals surface area contributed by atoms with Gasteiger partial charge < -0.3 is 9.88 Å². The number of benzene rings is 1. The van der Waals surface area contributed by atoms with E-state index >= 15 is 0 Å². The zero-order chi connectivity index (χ0) is 14.0. The highest BCUT2D eigenvalue weighted by atomic mass is 15.1. The zero-order valence-electron chi connectivity index (χ0n) is 12.7. The van der Waals surface area contributed by atoms with E-state index in [-0.39, 0.29) is 5.41 Å². The first-order valence-corrected chi connectivity index (χ1v) is 7.97. The third-order valence-corrected chi connectivity index (χ3v) is 4.73. The van der Waals surface area contributed by atoms with Gasteiger partial charge >= 0.3 is 0 Å². The Morgan fingerprint density at radius 1 is 1.30 bits per heavy atom. The van der Waals surface area contributed by atoms with Crippen LogP contribution in [-0.2, 0) is 12.0 Å². The van der Waals surface area contributed by atoms with Gasteiger partial charge in [-0.3, -0.25) is 0 Å². The Bertz CT molecular complexity index is 579. The van der Waals surface area contributed by atoms with Crippen molar-refractivity contribution >= 4 is 11.0 Å². The number of aromatic nitrogens is 2. The van der Waals surface area contributed by atoms with Gasteiger partial charge in [-0.25, -0.2) is 4.98 Å². The maximum atomic E-state index is 5.02. The van der Waals surface area contributed by atoms with E-state index in [1.165, 1.54) is 24.2 Å². The SMILES string of the molecule is CCCn1c(C2(CC)CCCNC2)nc2ccccc21. The van der Waals surface area contributed by atoms with E-state index in [1.807, 2.05) is 0 Å². The van der Waals surface area contributed by atoms with Crippen LogP contribution < -0.4 is 5.32 Å². The molecule has 2 heterocycles. The molecule has 1 fully saturated rings. The molecule has 0 aliphatic carbocycles. The second-order valence-electron chi connectivity index (χ2n) is 5.99. The van der Waals surface area contributed by atoms with Crippen LogP contribution in [0.3, 0.4) is 0 Å². The van der Waals surface area contributed by atoms with Crippen LogP contribution in [0, 0.1) is 0 Å². The van der Waals surface area contributed by atoms with Gasteiger partial charge in [0.1, 0.15) is 5.82 Å². The molecule has 1 aliphatic heterocycles. The standard InChI is InChI=1S/C17H25N3/c1-3-12-20-15-9-6-5-8-14(15)19-16(20)17(4-2)10-7-11-18-13-17/h5-6,8-9,18H,3-4,7,10-13H2,1-2H3. The first-order chi connectivity index (χ1) is 9.80. The molecule has 3 heteroatoms. The smallest absolute Gasteiger partial charge is 0.117 e. The maximum Gasteiger partial charge on any atom is 0.117 e. The van der Waals surface area contributed by atoms with Crippen molar-refractivity contribution in [2.24, 2.45) is 0 Å². The first kappa shape index (κ1) is 13.6. The number of rotatable bonds is 4. The molecule has 1 N–H and O–H groups in total. The van der Waals surface area contributed by atoms with E-state index in [2.05, 4.69) is 48.0 Å². The van der Waals surface area contributed by atoms with Crippen LogP contribution in [0.25, 0.3) is 11.0 Å². The van der Waals surface area contributed by atoms with Crippen LogP contribution in [0.2, 0.25) is 0 Å². The van der Waals surface area contributed by atoms with E-state index in [0.717, 1.165) is 38.0 Å². The lowest BCUT2D eigenvalue weighted by Crippen LogP contribution is -2.44. The number of aryl methyl sites for hydroxylation is 1. The number of nitrogens with zero attached hydrogens (tertiary/aromatic N) is 2. The second kappa shape index (κ2) is 5.57. The molecule has 0 bridgehead atoms. The van der Waals surface area contributed by atoms with E-state index in [1.54, 1.807) is 0 Å². The summed E-state index contributed by atoms with van der Waals surface area (Å²) >= 11 is 0. The van der Waals surface area contributed by atoms with Crippen LogP contribution in [0.1, 0.15) is 45.4 Å². The van der Waals surface area contributed by atoms with E-state index in [0.29, 0.717) is 0 Å². The average Bonchev–Trinajstić information content (AvgIpc) is 2.88. The van der Waals surface area contributed by atoms with Gasteiger partial charge in [-0.1, -0.05) is 26.0 Å². The first-order valence-electron chi connectivity index (χ1n) is 7.97. The van der Waals surface area contributed by atoms with Crippen LogP contribution in [0.5, 0.6) is 0 Å². The predicted octanol–water partition coefficient (Wildman–Crippen LogP) is 3.48. The number of nitrogens with one attached hydrogen (secondary N) is 1. The molecule has 1 saturated heterocycles. The summed E-state index contributed by atoms with van der Waals surface area (Å²) < 4.78 is 2.46. The lowest BCUT2D eigenvalue weighted by atomic mass is 9.77. The number of hydrogen-bond acceptors (Lipinski definition) is 2. The van der Waals surface area contributed by atoms with Gasteiger partial charge in [0, 0.05) is 18.5 Å². The highest BCUT2D eigenvalue weighted by molar-refractivity contribution is 5.76. The summed E-state index contributed by atoms with van der Waals surface area (Å²) in [6.07, 6.45) is 4.82. The van der Waals surface area contributed by atoms with Crippen molar-refractivity contribution in [1.29, 1.82) is 0 Å². The molecule has 2 aromatic rings. The average molecular weight is 271 g/mol. The van der Waals surface area contributed by atoms with Crippen molar-refractivity contribution in [3.63, 3.8) is 0 Å². The molecule has 1 atom stereocenters. The van der Waals surface area contributed by atoms with Crippen molar-refractivity contribution in [2.75, 3.05) is 13.1 Å². The van der Waals surface area contributed by atoms with E-state index in [9.17, 15) is 0 Å². The molecule has 1 aliphatic rings. The fourth-order valence-corrected chi connectivity index (χ4v) is 3.55. The Kier molecular flexibility index (Phi) is 3.79. The van der Waals surface area contributed by atoms with Crippen molar-refractivity contribution in [3.8, 4) is 0 Å². The minimum absolute atomic E-state index is 0.215. The molecule has 0 amide bonds. The minimum atomic E-state index is 0.215. The Morgan fingerprint density at radius 2 is 2.15 bits per heavy atom. The van der Waals surface area contributed by atoms with Gasteiger partial charge in [0.05, 0.1) is 11.0 Å². The molecular weight excluding hydrogens is 246 g/mol. The van der Waals surface area contributed by atoms with Crippen molar-refractivity contribution in [2.45, 2.75) is 51.5 Å². The fourth-order valence-electron chi connectivity index (χ4n) is 3.55. The Morgan fingerprint density at radius 3 is 2.85 bits per heavy atom. The summed E-state index contributed by atoms with van der Waals surface area (Å²) in [5, 5.41) is 3.59. The van der Waals surface area contributed by atoms with Gasteiger partial charge in [-0.2, -0.15) is 0 Å². The molecule has 1 aromatic heterocycles. The van der Waals surface area contributed by atoms with Crippen LogP contribution in [-0.4, -0.2) is 22.6 Å². The van der Waals surface area contributed by atoms with Crippen molar-refractivity contribution in [3.05, 3.63) is 30.1 Å². The van der Waals surface area contributed by atoms with Gasteiger partial charge in [-0.15, -0.1) is 0 Å². The van der Waals surface area contributed by atoms with Crippen molar-refractivity contribution in [1.82, 2.24) is 14.9 Å². The highest BCUT2D eigenvalue weighted by Gasteiger charge is 2.36. The van der Waals surface area contributed by atoms with Crippen LogP contribution >= 0.6 is 0 Å². The van der Waals surface area contributed by atoms with Gasteiger partial charge in [0.15, 0.2) is 0 Å². The topological polar surface area (TPSA) is 29.9 Å². The summed E-state index contributed by atoms with van der Waals surface area (Å²) in [6.45, 7) is 7.84. The van der Waals surface area contributed by atoms with Crippen LogP contribution in [0.15, 0.2) is 24.3 Å². The number of imidazole rings is 1. The summed E-state index contributed by atoms with van der Waals surface area (Å²) in [4.78, 5) is 5.02. The predicted molar refractivity (Wildman–Crippen MR) is 84.1 cm³/mol. The molecule has 0 spiro atoms. The normalized spacial score (nSPS) is 23.3. The number of fused-ring (bicyclic) bond motifs is 1. The van der Waals surface area contributed by atoms with Gasteiger partial charge in [0.25, 0.3) is 0 Å². The van der Waals surface area contributed by atoms with Crippen LogP contribution in [0.4, 0.5) is 0 Å². The van der Waals surface area contributed by atoms with E-state index < -0.39 is 0 Å². The summed E-state index contributed by atoms with van der Waals surface area (Å²) in [5.74, 6) is 1.30. The second-order valence-corrected chi connectivity index (χ2v) is 5.99. The lowest BCUT2D eigenvalue weighted by molar-refractivity contribution is 0.279. The molecule has 1 unspecified atom stereocenters. The monoisotopic (exact) mass is 271 g/mol. The molecule has 0 saturated carbocycles. The number of para-hydroxylation sites is 2. The molecule has 0 radical (unpaired) electrons. The maximum absolute atomic E-state index is 5.02. The Balaban J connectivity index is 2.15. The van der Waals surface area contributed by atoms with Gasteiger partial charge in [-0.05, 0) is 44.4 Å². The summed E-state index contributed by atoms with van der Waals surface area (Å²) in [5.41, 5.74) is 2.66. The third-order valence-electron chi connectivity index (χ3n) is 4.73. The molecule has 20 heavy (non-hydrogen) atoms.